The molecule has 0 amide bonds. The monoisotopic (exact) mass is 488 g/mol. The molecule has 0 aliphatic carbocycles. The summed E-state index contributed by atoms with van der Waals surface area (Å²) in [7, 11) is -3.94. The zero-order valence-corrected chi connectivity index (χ0v) is 20.0. The Balaban J connectivity index is 1.93. The molecule has 3 rings (SSSR count). The maximum Gasteiger partial charge on any atom is 0.311 e. The first kappa shape index (κ1) is 25.2. The molecule has 1 atom stereocenters. The third kappa shape index (κ3) is 5.36. The van der Waals surface area contributed by atoms with Crippen molar-refractivity contribution in [3.63, 3.8) is 0 Å². The van der Waals surface area contributed by atoms with Gasteiger partial charge < -0.3 is 10.1 Å². The quantitative estimate of drug-likeness (QED) is 0.226. The van der Waals surface area contributed by atoms with Crippen molar-refractivity contribution in [2.45, 2.75) is 44.4 Å². The van der Waals surface area contributed by atoms with Crippen LogP contribution >= 0.6 is 0 Å². The van der Waals surface area contributed by atoms with E-state index in [2.05, 4.69) is 10.3 Å². The van der Waals surface area contributed by atoms with Crippen LogP contribution in [0.2, 0.25) is 0 Å². The summed E-state index contributed by atoms with van der Waals surface area (Å²) >= 11 is 0. The molecule has 3 aromatic rings. The highest BCUT2D eigenvalue weighted by molar-refractivity contribution is 7.90. The standard InChI is InChI=1S/C23H28N4O6S/c1-3-5-9-17(23(28)33-4-2)12-14-24-21-19-13-15-26(22(19)25-16-20(21)27(29)30)34(31,32)18-10-7-6-8-11-18/h6-8,10-11,13,15-17H,3-5,9,12,14H2,1-2H3,(H,24,25). The van der Waals surface area contributed by atoms with Gasteiger partial charge in [0.05, 0.1) is 27.7 Å². The van der Waals surface area contributed by atoms with Gasteiger partial charge in [0.1, 0.15) is 11.9 Å². The van der Waals surface area contributed by atoms with Crippen LogP contribution in [0.15, 0.2) is 53.7 Å². The molecule has 0 fully saturated rings. The van der Waals surface area contributed by atoms with Gasteiger partial charge in [0.2, 0.25) is 0 Å². The van der Waals surface area contributed by atoms with Crippen molar-refractivity contribution in [2.75, 3.05) is 18.5 Å². The highest BCUT2D eigenvalue weighted by Gasteiger charge is 2.25. The van der Waals surface area contributed by atoms with E-state index in [-0.39, 0.29) is 47.0 Å². The summed E-state index contributed by atoms with van der Waals surface area (Å²) in [4.78, 5) is 27.5. The van der Waals surface area contributed by atoms with E-state index in [9.17, 15) is 23.3 Å². The SMILES string of the molecule is CCCCC(CCNc1c([N+](=O)[O-])cnc2c1ccn2S(=O)(=O)c1ccccc1)C(=O)OCC. The average molecular weight is 489 g/mol. The lowest BCUT2D eigenvalue weighted by atomic mass is 9.98. The third-order valence-corrected chi connectivity index (χ3v) is 7.16. The summed E-state index contributed by atoms with van der Waals surface area (Å²) in [6, 6.07) is 9.36. The number of unbranched alkanes of at least 4 members (excludes halogenated alkanes) is 1. The van der Waals surface area contributed by atoms with E-state index in [0.717, 1.165) is 23.0 Å². The number of benzene rings is 1. The van der Waals surface area contributed by atoms with Crippen LogP contribution in [0.4, 0.5) is 11.4 Å². The Hall–Kier alpha value is -3.47. The van der Waals surface area contributed by atoms with E-state index in [1.807, 2.05) is 6.92 Å². The van der Waals surface area contributed by atoms with Crippen molar-refractivity contribution in [3.8, 4) is 0 Å². The summed E-state index contributed by atoms with van der Waals surface area (Å²) in [6.45, 7) is 4.34. The molecule has 0 bridgehead atoms. The lowest BCUT2D eigenvalue weighted by Gasteiger charge is -2.16. The predicted molar refractivity (Wildman–Crippen MR) is 128 cm³/mol. The number of carbonyl (C=O) groups is 1. The first-order valence-corrected chi connectivity index (χ1v) is 12.6. The van der Waals surface area contributed by atoms with E-state index < -0.39 is 14.9 Å². The average Bonchev–Trinajstić information content (AvgIpc) is 3.27. The first-order chi connectivity index (χ1) is 16.3. The maximum atomic E-state index is 13.1. The van der Waals surface area contributed by atoms with Gasteiger partial charge in [-0.2, -0.15) is 0 Å². The number of ether oxygens (including phenoxy) is 1. The minimum Gasteiger partial charge on any atom is -0.466 e. The number of fused-ring (bicyclic) bond motifs is 1. The topological polar surface area (TPSA) is 133 Å². The molecule has 0 aliphatic rings. The summed E-state index contributed by atoms with van der Waals surface area (Å²) < 4.78 is 32.4. The number of anilines is 1. The van der Waals surface area contributed by atoms with Crippen molar-refractivity contribution in [1.82, 2.24) is 8.96 Å². The van der Waals surface area contributed by atoms with Crippen molar-refractivity contribution >= 4 is 38.4 Å². The van der Waals surface area contributed by atoms with Crippen LogP contribution < -0.4 is 5.32 Å². The molecule has 1 aromatic carbocycles. The molecule has 1 unspecified atom stereocenters. The predicted octanol–water partition coefficient (Wildman–Crippen LogP) is 4.35. The fraction of sp³-hybridized carbons (Fsp3) is 0.391. The molecular formula is C23H28N4O6S. The molecule has 2 heterocycles. The summed E-state index contributed by atoms with van der Waals surface area (Å²) in [5.41, 5.74) is -0.0383. The van der Waals surface area contributed by atoms with Gasteiger partial charge in [0.25, 0.3) is 10.0 Å². The van der Waals surface area contributed by atoms with Crippen LogP contribution in [0.5, 0.6) is 0 Å². The molecule has 10 nitrogen and oxygen atoms in total. The summed E-state index contributed by atoms with van der Waals surface area (Å²) in [6.07, 6.45) is 5.26. The number of hydrogen-bond donors (Lipinski definition) is 1. The van der Waals surface area contributed by atoms with Crippen LogP contribution in [0, 0.1) is 16.0 Å². The Bertz CT molecular complexity index is 1260. The molecule has 2 aromatic heterocycles. The lowest BCUT2D eigenvalue weighted by Crippen LogP contribution is -2.21. The number of rotatable bonds is 12. The summed E-state index contributed by atoms with van der Waals surface area (Å²) in [5, 5.41) is 15.0. The van der Waals surface area contributed by atoms with Gasteiger partial charge in [-0.05, 0) is 38.0 Å². The molecule has 0 radical (unpaired) electrons. The van der Waals surface area contributed by atoms with Crippen molar-refractivity contribution in [3.05, 3.63) is 58.9 Å². The molecule has 1 N–H and O–H groups in total. The van der Waals surface area contributed by atoms with Crippen LogP contribution in [-0.2, 0) is 19.6 Å². The Morgan fingerprint density at radius 3 is 2.59 bits per heavy atom. The minimum atomic E-state index is -3.94. The van der Waals surface area contributed by atoms with E-state index in [1.165, 1.54) is 24.4 Å². The van der Waals surface area contributed by atoms with Crippen molar-refractivity contribution < 1.29 is 22.9 Å². The molecule has 11 heteroatoms. The van der Waals surface area contributed by atoms with Crippen molar-refractivity contribution in [1.29, 1.82) is 0 Å². The fourth-order valence-electron chi connectivity index (χ4n) is 3.74. The van der Waals surface area contributed by atoms with Crippen LogP contribution in [0.25, 0.3) is 11.0 Å². The molecule has 34 heavy (non-hydrogen) atoms. The largest absolute Gasteiger partial charge is 0.466 e. The second kappa shape index (κ2) is 11.1. The van der Waals surface area contributed by atoms with Crippen molar-refractivity contribution in [2.24, 2.45) is 5.92 Å². The number of carbonyl (C=O) groups excluding carboxylic acids is 1. The minimum absolute atomic E-state index is 0.0740. The molecule has 0 saturated carbocycles. The second-order valence-corrected chi connectivity index (χ2v) is 9.56. The number of nitrogens with one attached hydrogen (secondary N) is 1. The number of esters is 1. The Labute approximate surface area is 198 Å². The van der Waals surface area contributed by atoms with Gasteiger partial charge in [0.15, 0.2) is 5.65 Å². The van der Waals surface area contributed by atoms with Gasteiger partial charge in [-0.15, -0.1) is 0 Å². The maximum absolute atomic E-state index is 13.1. The van der Waals surface area contributed by atoms with Gasteiger partial charge in [-0.1, -0.05) is 38.0 Å². The third-order valence-electron chi connectivity index (χ3n) is 5.48. The number of pyridine rings is 1. The number of hydrogen-bond acceptors (Lipinski definition) is 8. The Morgan fingerprint density at radius 1 is 1.21 bits per heavy atom. The van der Waals surface area contributed by atoms with Crippen LogP contribution in [0.3, 0.4) is 0 Å². The van der Waals surface area contributed by atoms with Gasteiger partial charge >= 0.3 is 11.7 Å². The zero-order chi connectivity index (χ0) is 24.7. The van der Waals surface area contributed by atoms with E-state index >= 15 is 0 Å². The number of nitro groups is 1. The molecular weight excluding hydrogens is 460 g/mol. The Morgan fingerprint density at radius 2 is 1.94 bits per heavy atom. The van der Waals surface area contributed by atoms with Crippen LogP contribution in [0.1, 0.15) is 39.5 Å². The Kier molecular flexibility index (Phi) is 8.21. The van der Waals surface area contributed by atoms with E-state index in [4.69, 9.17) is 4.74 Å². The highest BCUT2D eigenvalue weighted by atomic mass is 32.2. The second-order valence-electron chi connectivity index (χ2n) is 7.75. The van der Waals surface area contributed by atoms with Gasteiger partial charge in [0, 0.05) is 12.7 Å². The number of nitrogens with zero attached hydrogens (tertiary/aromatic N) is 3. The lowest BCUT2D eigenvalue weighted by molar-refractivity contribution is -0.384. The fourth-order valence-corrected chi connectivity index (χ4v) is 5.06. The number of aromatic nitrogens is 2. The molecule has 0 saturated heterocycles. The first-order valence-electron chi connectivity index (χ1n) is 11.2. The van der Waals surface area contributed by atoms with E-state index in [1.54, 1.807) is 25.1 Å². The van der Waals surface area contributed by atoms with Crippen LogP contribution in [-0.4, -0.2) is 41.4 Å². The molecule has 0 aliphatic heterocycles. The van der Waals surface area contributed by atoms with Gasteiger partial charge in [-0.3, -0.25) is 14.9 Å². The van der Waals surface area contributed by atoms with Gasteiger partial charge in [-0.25, -0.2) is 17.4 Å². The molecule has 0 spiro atoms. The highest BCUT2D eigenvalue weighted by Crippen LogP contribution is 2.33. The zero-order valence-electron chi connectivity index (χ0n) is 19.1. The normalized spacial score (nSPS) is 12.4. The molecule has 182 valence electrons. The smallest absolute Gasteiger partial charge is 0.311 e. The van der Waals surface area contributed by atoms with E-state index in [0.29, 0.717) is 18.2 Å². The summed E-state index contributed by atoms with van der Waals surface area (Å²) in [5.74, 6) is -0.612.